The van der Waals surface area contributed by atoms with Crippen LogP contribution in [0.2, 0.25) is 5.02 Å². The predicted molar refractivity (Wildman–Crippen MR) is 90.3 cm³/mol. The number of nitrogens with zero attached hydrogens (tertiary/aromatic N) is 3. The Labute approximate surface area is 147 Å². The Morgan fingerprint density at radius 1 is 1.16 bits per heavy atom. The number of fused-ring (bicyclic) bond motifs is 2. The van der Waals surface area contributed by atoms with Gasteiger partial charge >= 0.3 is 0 Å². The molecule has 0 atom stereocenters. The van der Waals surface area contributed by atoms with Crippen molar-refractivity contribution in [2.24, 2.45) is 0 Å². The Morgan fingerprint density at radius 3 is 2.72 bits per heavy atom. The molecule has 3 aromatic rings. The number of aromatic nitrogens is 3. The van der Waals surface area contributed by atoms with Crippen LogP contribution in [0.15, 0.2) is 36.4 Å². The van der Waals surface area contributed by atoms with E-state index in [2.05, 4.69) is 10.3 Å². The molecule has 124 valence electrons. The van der Waals surface area contributed by atoms with Crippen molar-refractivity contribution in [2.75, 3.05) is 0 Å². The lowest BCUT2D eigenvalue weighted by molar-refractivity contribution is 0.0968. The Kier molecular flexibility index (Phi) is 3.43. The maximum absolute atomic E-state index is 12.8. The van der Waals surface area contributed by atoms with Gasteiger partial charge in [-0.05, 0) is 36.2 Å². The van der Waals surface area contributed by atoms with Crippen LogP contribution in [0.4, 0.5) is 0 Å². The van der Waals surface area contributed by atoms with Gasteiger partial charge in [0, 0.05) is 10.6 Å². The predicted octanol–water partition coefficient (Wildman–Crippen LogP) is 2.77. The van der Waals surface area contributed by atoms with E-state index in [1.54, 1.807) is 6.07 Å². The molecule has 0 amide bonds. The van der Waals surface area contributed by atoms with E-state index in [1.165, 1.54) is 22.9 Å². The van der Waals surface area contributed by atoms with Crippen LogP contribution in [0.3, 0.4) is 0 Å². The zero-order chi connectivity index (χ0) is 17.7. The van der Waals surface area contributed by atoms with Crippen LogP contribution in [0.5, 0.6) is 5.75 Å². The molecule has 6 nitrogen and oxygen atoms in total. The number of rotatable bonds is 2. The van der Waals surface area contributed by atoms with Gasteiger partial charge in [-0.3, -0.25) is 9.59 Å². The second-order valence-electron chi connectivity index (χ2n) is 5.89. The average Bonchev–Trinajstić information content (AvgIpc) is 3.00. The van der Waals surface area contributed by atoms with E-state index in [9.17, 15) is 14.7 Å². The fourth-order valence-electron chi connectivity index (χ4n) is 2.99. The molecule has 0 saturated heterocycles. The number of hydrogen-bond acceptors (Lipinski definition) is 5. The van der Waals surface area contributed by atoms with Crippen LogP contribution in [-0.4, -0.2) is 31.7 Å². The van der Waals surface area contributed by atoms with Crippen molar-refractivity contribution in [3.05, 3.63) is 75.1 Å². The van der Waals surface area contributed by atoms with Gasteiger partial charge in [0.25, 0.3) is 0 Å². The fraction of sp³-hybridized carbons (Fsp3) is 0.111. The van der Waals surface area contributed by atoms with Crippen molar-refractivity contribution >= 4 is 23.2 Å². The second-order valence-corrected chi connectivity index (χ2v) is 6.29. The van der Waals surface area contributed by atoms with Gasteiger partial charge in [0.05, 0.1) is 12.1 Å². The molecule has 0 spiro atoms. The molecule has 0 aliphatic heterocycles. The van der Waals surface area contributed by atoms with E-state index >= 15 is 0 Å². The average molecular weight is 354 g/mol. The highest BCUT2D eigenvalue weighted by Gasteiger charge is 2.36. The molecule has 4 rings (SSSR count). The topological polar surface area (TPSA) is 85.1 Å². The summed E-state index contributed by atoms with van der Waals surface area (Å²) in [7, 11) is 0. The van der Waals surface area contributed by atoms with Gasteiger partial charge in [-0.15, -0.1) is 5.10 Å². The Balaban J connectivity index is 1.80. The van der Waals surface area contributed by atoms with Crippen molar-refractivity contribution < 1.29 is 14.7 Å². The smallest absolute Gasteiger partial charge is 0.220 e. The molecule has 25 heavy (non-hydrogen) atoms. The van der Waals surface area contributed by atoms with Crippen LogP contribution in [0, 0.1) is 6.92 Å². The van der Waals surface area contributed by atoms with Gasteiger partial charge in [-0.1, -0.05) is 35.0 Å². The molecule has 1 heterocycles. The fourth-order valence-corrected chi connectivity index (χ4v) is 3.11. The number of phenols is 1. The largest absolute Gasteiger partial charge is 0.507 e. The SMILES string of the molecule is Cc1cc(Cn2nnc3c2C(=O)c2cccc(O)c2C3=O)ccc1Cl. The van der Waals surface area contributed by atoms with E-state index in [0.717, 1.165) is 11.1 Å². The van der Waals surface area contributed by atoms with Gasteiger partial charge in [0.15, 0.2) is 5.69 Å². The zero-order valence-corrected chi connectivity index (χ0v) is 13.9. The molecular weight excluding hydrogens is 342 g/mol. The minimum absolute atomic E-state index is 0.0191. The summed E-state index contributed by atoms with van der Waals surface area (Å²) in [5, 5.41) is 18.4. The van der Waals surface area contributed by atoms with Crippen molar-refractivity contribution in [1.29, 1.82) is 0 Å². The van der Waals surface area contributed by atoms with E-state index in [1.807, 2.05) is 19.1 Å². The minimum Gasteiger partial charge on any atom is -0.507 e. The van der Waals surface area contributed by atoms with Gasteiger partial charge in [0.2, 0.25) is 11.6 Å². The number of benzene rings is 2. The Morgan fingerprint density at radius 2 is 1.96 bits per heavy atom. The molecule has 0 fully saturated rings. The third-order valence-corrected chi connectivity index (χ3v) is 4.66. The monoisotopic (exact) mass is 353 g/mol. The van der Waals surface area contributed by atoms with Gasteiger partial charge in [0.1, 0.15) is 11.4 Å². The quantitative estimate of drug-likeness (QED) is 0.599. The summed E-state index contributed by atoms with van der Waals surface area (Å²) in [5.74, 6) is -1.11. The number of hydrogen-bond donors (Lipinski definition) is 1. The Bertz CT molecular complexity index is 1060. The molecule has 0 bridgehead atoms. The zero-order valence-electron chi connectivity index (χ0n) is 13.2. The number of carbonyl (C=O) groups excluding carboxylic acids is 2. The van der Waals surface area contributed by atoms with E-state index < -0.39 is 5.78 Å². The van der Waals surface area contributed by atoms with E-state index in [0.29, 0.717) is 5.02 Å². The summed E-state index contributed by atoms with van der Waals surface area (Å²) < 4.78 is 1.41. The summed E-state index contributed by atoms with van der Waals surface area (Å²) in [6, 6.07) is 9.92. The lowest BCUT2D eigenvalue weighted by Gasteiger charge is -2.15. The molecule has 7 heteroatoms. The first kappa shape index (κ1) is 15.5. The first-order valence-electron chi connectivity index (χ1n) is 7.57. The van der Waals surface area contributed by atoms with Gasteiger partial charge in [-0.2, -0.15) is 0 Å². The summed E-state index contributed by atoms with van der Waals surface area (Å²) in [5.41, 5.74) is 2.03. The molecule has 1 N–H and O–H groups in total. The number of aromatic hydroxyl groups is 1. The lowest BCUT2D eigenvalue weighted by atomic mass is 9.89. The maximum Gasteiger partial charge on any atom is 0.220 e. The number of aryl methyl sites for hydroxylation is 1. The highest BCUT2D eigenvalue weighted by molar-refractivity contribution is 6.31. The molecule has 2 aromatic carbocycles. The number of carbonyl (C=O) groups is 2. The second kappa shape index (κ2) is 5.53. The molecule has 0 unspecified atom stereocenters. The number of halogens is 1. The summed E-state index contributed by atoms with van der Waals surface area (Å²) in [6.45, 7) is 2.17. The highest BCUT2D eigenvalue weighted by Crippen LogP contribution is 2.31. The molecule has 1 aromatic heterocycles. The molecule has 0 saturated carbocycles. The normalized spacial score (nSPS) is 12.9. The molecule has 0 radical (unpaired) electrons. The third kappa shape index (κ3) is 2.34. The van der Waals surface area contributed by atoms with Crippen LogP contribution in [0.1, 0.15) is 43.2 Å². The van der Waals surface area contributed by atoms with Crippen molar-refractivity contribution in [1.82, 2.24) is 15.0 Å². The first-order chi connectivity index (χ1) is 12.0. The molecule has 1 aliphatic rings. The van der Waals surface area contributed by atoms with Crippen LogP contribution in [-0.2, 0) is 6.54 Å². The Hall–Kier alpha value is -2.99. The van der Waals surface area contributed by atoms with Crippen molar-refractivity contribution in [3.63, 3.8) is 0 Å². The van der Waals surface area contributed by atoms with Crippen LogP contribution in [0.25, 0.3) is 0 Å². The standard InChI is InChI=1S/C18H12ClN3O3/c1-9-7-10(5-6-12(9)19)8-22-16-15(20-21-22)18(25)14-11(17(16)24)3-2-4-13(14)23/h2-7,23H,8H2,1H3. The van der Waals surface area contributed by atoms with E-state index in [-0.39, 0.29) is 40.6 Å². The number of phenolic OH excluding ortho intramolecular Hbond substituents is 1. The van der Waals surface area contributed by atoms with Crippen molar-refractivity contribution in [3.8, 4) is 5.75 Å². The lowest BCUT2D eigenvalue weighted by Crippen LogP contribution is -2.23. The van der Waals surface area contributed by atoms with Crippen LogP contribution >= 0.6 is 11.6 Å². The van der Waals surface area contributed by atoms with Gasteiger partial charge < -0.3 is 5.11 Å². The summed E-state index contributed by atoms with van der Waals surface area (Å²) in [6.07, 6.45) is 0. The first-order valence-corrected chi connectivity index (χ1v) is 7.95. The number of ketones is 2. The minimum atomic E-state index is -0.499. The highest BCUT2D eigenvalue weighted by atomic mass is 35.5. The van der Waals surface area contributed by atoms with Crippen molar-refractivity contribution in [2.45, 2.75) is 13.5 Å². The summed E-state index contributed by atoms with van der Waals surface area (Å²) >= 11 is 6.03. The summed E-state index contributed by atoms with van der Waals surface area (Å²) in [4.78, 5) is 25.4. The van der Waals surface area contributed by atoms with Gasteiger partial charge in [-0.25, -0.2) is 4.68 Å². The maximum atomic E-state index is 12.8. The third-order valence-electron chi connectivity index (χ3n) is 4.23. The van der Waals surface area contributed by atoms with Crippen LogP contribution < -0.4 is 0 Å². The molecule has 1 aliphatic carbocycles. The molecular formula is C18H12ClN3O3. The van der Waals surface area contributed by atoms with E-state index in [4.69, 9.17) is 11.6 Å².